The first kappa shape index (κ1) is 11.2. The van der Waals surface area contributed by atoms with Crippen LogP contribution in [0.3, 0.4) is 0 Å². The van der Waals surface area contributed by atoms with Crippen LogP contribution in [0.4, 0.5) is 4.39 Å². The van der Waals surface area contributed by atoms with E-state index in [4.69, 9.17) is 0 Å². The van der Waals surface area contributed by atoms with E-state index in [2.05, 4.69) is 15.9 Å². The lowest BCUT2D eigenvalue weighted by Crippen LogP contribution is -2.23. The molecule has 1 aromatic rings. The van der Waals surface area contributed by atoms with Gasteiger partial charge >= 0.3 is 0 Å². The molecule has 1 amide bonds. The smallest absolute Gasteiger partial charge is 0.256 e. The van der Waals surface area contributed by atoms with Crippen molar-refractivity contribution in [1.29, 1.82) is 0 Å². The van der Waals surface area contributed by atoms with Gasteiger partial charge in [0.2, 0.25) is 0 Å². The zero-order valence-electron chi connectivity index (χ0n) is 8.27. The molecule has 0 aliphatic heterocycles. The third-order valence-electron chi connectivity index (χ3n) is 1.87. The molecule has 0 spiro atoms. The fraction of sp³-hybridized carbons (Fsp3) is 0.300. The Morgan fingerprint density at radius 1 is 1.43 bits per heavy atom. The van der Waals surface area contributed by atoms with Crippen molar-refractivity contribution in [2.24, 2.45) is 0 Å². The van der Waals surface area contributed by atoms with Gasteiger partial charge < -0.3 is 4.90 Å². The fourth-order valence-corrected chi connectivity index (χ4v) is 1.74. The van der Waals surface area contributed by atoms with Gasteiger partial charge in [0.05, 0.1) is 5.56 Å². The van der Waals surface area contributed by atoms with Crippen LogP contribution in [0.1, 0.15) is 15.9 Å². The zero-order chi connectivity index (χ0) is 10.9. The summed E-state index contributed by atoms with van der Waals surface area (Å²) >= 11 is 3.17. The monoisotopic (exact) mass is 259 g/mol. The van der Waals surface area contributed by atoms with Crippen LogP contribution in [0.25, 0.3) is 0 Å². The summed E-state index contributed by atoms with van der Waals surface area (Å²) < 4.78 is 14.1. The van der Waals surface area contributed by atoms with Gasteiger partial charge in [0.25, 0.3) is 5.91 Å². The number of benzene rings is 1. The summed E-state index contributed by atoms with van der Waals surface area (Å²) in [5, 5.41) is 0. The van der Waals surface area contributed by atoms with Crippen LogP contribution >= 0.6 is 15.9 Å². The molecule has 0 saturated heterocycles. The number of hydrogen-bond acceptors (Lipinski definition) is 1. The molecule has 0 radical (unpaired) electrons. The molecular weight excluding hydrogens is 249 g/mol. The van der Waals surface area contributed by atoms with Crippen LogP contribution in [-0.4, -0.2) is 24.9 Å². The maximum Gasteiger partial charge on any atom is 0.256 e. The topological polar surface area (TPSA) is 20.3 Å². The van der Waals surface area contributed by atoms with E-state index in [1.807, 2.05) is 0 Å². The summed E-state index contributed by atoms with van der Waals surface area (Å²) in [5.41, 5.74) is 0.772. The number of carbonyl (C=O) groups excluding carboxylic acids is 1. The molecule has 1 aromatic carbocycles. The number of carbonyl (C=O) groups is 1. The van der Waals surface area contributed by atoms with Crippen molar-refractivity contribution in [3.05, 3.63) is 33.5 Å². The summed E-state index contributed by atoms with van der Waals surface area (Å²) in [7, 11) is 3.20. The summed E-state index contributed by atoms with van der Waals surface area (Å²) in [6.07, 6.45) is 0. The molecule has 0 bridgehead atoms. The fourth-order valence-electron chi connectivity index (χ4n) is 1.20. The SMILES string of the molecule is Cc1cc(Br)cc(F)c1C(=O)N(C)C. The average molecular weight is 260 g/mol. The molecule has 4 heteroatoms. The van der Waals surface area contributed by atoms with E-state index in [0.29, 0.717) is 10.0 Å². The molecule has 2 nitrogen and oxygen atoms in total. The second-order valence-electron chi connectivity index (χ2n) is 3.28. The van der Waals surface area contributed by atoms with Gasteiger partial charge in [0.15, 0.2) is 0 Å². The lowest BCUT2D eigenvalue weighted by molar-refractivity contribution is 0.0822. The van der Waals surface area contributed by atoms with E-state index >= 15 is 0 Å². The lowest BCUT2D eigenvalue weighted by Gasteiger charge is -2.13. The number of rotatable bonds is 1. The van der Waals surface area contributed by atoms with Gasteiger partial charge in [-0.1, -0.05) is 15.9 Å². The first-order valence-corrected chi connectivity index (χ1v) is 4.90. The van der Waals surface area contributed by atoms with E-state index in [1.54, 1.807) is 27.1 Å². The van der Waals surface area contributed by atoms with Crippen molar-refractivity contribution in [2.45, 2.75) is 6.92 Å². The van der Waals surface area contributed by atoms with Gasteiger partial charge in [-0.15, -0.1) is 0 Å². The van der Waals surface area contributed by atoms with Crippen LogP contribution in [0.2, 0.25) is 0 Å². The number of amides is 1. The summed E-state index contributed by atoms with van der Waals surface area (Å²) in [6.45, 7) is 1.71. The van der Waals surface area contributed by atoms with Crippen LogP contribution < -0.4 is 0 Å². The van der Waals surface area contributed by atoms with E-state index in [-0.39, 0.29) is 11.5 Å². The Morgan fingerprint density at radius 2 is 2.00 bits per heavy atom. The molecule has 0 saturated carbocycles. The number of hydrogen-bond donors (Lipinski definition) is 0. The molecule has 0 aliphatic rings. The van der Waals surface area contributed by atoms with Crippen molar-refractivity contribution < 1.29 is 9.18 Å². The minimum atomic E-state index is -0.490. The summed E-state index contributed by atoms with van der Waals surface area (Å²) in [4.78, 5) is 12.9. The number of nitrogens with zero attached hydrogens (tertiary/aromatic N) is 1. The molecule has 76 valence electrons. The van der Waals surface area contributed by atoms with Gasteiger partial charge in [0, 0.05) is 18.6 Å². The largest absolute Gasteiger partial charge is 0.345 e. The molecule has 0 atom stereocenters. The van der Waals surface area contributed by atoms with Crippen LogP contribution in [0.5, 0.6) is 0 Å². The third-order valence-corrected chi connectivity index (χ3v) is 2.33. The van der Waals surface area contributed by atoms with Crippen molar-refractivity contribution in [3.63, 3.8) is 0 Å². The van der Waals surface area contributed by atoms with E-state index < -0.39 is 5.82 Å². The van der Waals surface area contributed by atoms with E-state index in [1.165, 1.54) is 11.0 Å². The second-order valence-corrected chi connectivity index (χ2v) is 4.19. The zero-order valence-corrected chi connectivity index (χ0v) is 9.85. The highest BCUT2D eigenvalue weighted by Gasteiger charge is 2.16. The van der Waals surface area contributed by atoms with Crippen molar-refractivity contribution in [2.75, 3.05) is 14.1 Å². The van der Waals surface area contributed by atoms with Gasteiger partial charge in [-0.05, 0) is 24.6 Å². The van der Waals surface area contributed by atoms with E-state index in [9.17, 15) is 9.18 Å². The van der Waals surface area contributed by atoms with Gasteiger partial charge in [0.1, 0.15) is 5.82 Å². The first-order valence-electron chi connectivity index (χ1n) is 4.10. The molecule has 0 aromatic heterocycles. The maximum atomic E-state index is 13.4. The number of aryl methyl sites for hydroxylation is 1. The summed E-state index contributed by atoms with van der Waals surface area (Å²) in [6, 6.07) is 3.02. The Hall–Kier alpha value is -0.900. The Morgan fingerprint density at radius 3 is 2.43 bits per heavy atom. The minimum Gasteiger partial charge on any atom is -0.345 e. The maximum absolute atomic E-state index is 13.4. The second kappa shape index (κ2) is 4.09. The highest BCUT2D eigenvalue weighted by molar-refractivity contribution is 9.10. The molecule has 0 fully saturated rings. The molecule has 0 heterocycles. The summed E-state index contributed by atoms with van der Waals surface area (Å²) in [5.74, 6) is -0.803. The predicted molar refractivity (Wildman–Crippen MR) is 56.9 cm³/mol. The Kier molecular flexibility index (Phi) is 3.26. The standard InChI is InChI=1S/C10H11BrFNO/c1-6-4-7(11)5-8(12)9(6)10(14)13(2)3/h4-5H,1-3H3. The van der Waals surface area contributed by atoms with Crippen molar-refractivity contribution in [1.82, 2.24) is 4.90 Å². The Balaban J connectivity index is 3.28. The molecule has 1 rings (SSSR count). The first-order chi connectivity index (χ1) is 6.43. The Bertz CT molecular complexity index is 353. The Labute approximate surface area is 90.8 Å². The quantitative estimate of drug-likeness (QED) is 0.760. The molecular formula is C10H11BrFNO. The molecule has 0 aliphatic carbocycles. The minimum absolute atomic E-state index is 0.137. The van der Waals surface area contributed by atoms with Crippen LogP contribution in [0, 0.1) is 12.7 Å². The highest BCUT2D eigenvalue weighted by atomic mass is 79.9. The van der Waals surface area contributed by atoms with Gasteiger partial charge in [-0.25, -0.2) is 4.39 Å². The predicted octanol–water partition coefficient (Wildman–Crippen LogP) is 2.60. The van der Waals surface area contributed by atoms with Crippen LogP contribution in [0.15, 0.2) is 16.6 Å². The van der Waals surface area contributed by atoms with E-state index in [0.717, 1.165) is 0 Å². The van der Waals surface area contributed by atoms with Crippen molar-refractivity contribution in [3.8, 4) is 0 Å². The average Bonchev–Trinajstić information content (AvgIpc) is 2.01. The molecule has 0 N–H and O–H groups in total. The highest BCUT2D eigenvalue weighted by Crippen LogP contribution is 2.20. The van der Waals surface area contributed by atoms with Crippen LogP contribution in [-0.2, 0) is 0 Å². The lowest BCUT2D eigenvalue weighted by atomic mass is 10.1. The van der Waals surface area contributed by atoms with Crippen molar-refractivity contribution >= 4 is 21.8 Å². The van der Waals surface area contributed by atoms with Gasteiger partial charge in [-0.3, -0.25) is 4.79 Å². The normalized spacial score (nSPS) is 10.1. The third kappa shape index (κ3) is 2.12. The van der Waals surface area contributed by atoms with Gasteiger partial charge in [-0.2, -0.15) is 0 Å². The molecule has 0 unspecified atom stereocenters. The number of halogens is 2. The molecule has 14 heavy (non-hydrogen) atoms.